The smallest absolute Gasteiger partial charge is 0.254 e. The van der Waals surface area contributed by atoms with Crippen LogP contribution in [0.4, 0.5) is 0 Å². The van der Waals surface area contributed by atoms with E-state index in [2.05, 4.69) is 0 Å². The summed E-state index contributed by atoms with van der Waals surface area (Å²) in [6.45, 7) is 5.21. The van der Waals surface area contributed by atoms with Crippen LogP contribution >= 0.6 is 0 Å². The Bertz CT molecular complexity index is 308. The van der Waals surface area contributed by atoms with Gasteiger partial charge < -0.3 is 19.2 Å². The van der Waals surface area contributed by atoms with Crippen molar-refractivity contribution in [3.8, 4) is 0 Å². The maximum absolute atomic E-state index is 12.1. The molecule has 0 aromatic rings. The quantitative estimate of drug-likeness (QED) is 0.663. The van der Waals surface area contributed by atoms with Crippen LogP contribution in [0.2, 0.25) is 0 Å². The van der Waals surface area contributed by atoms with Crippen LogP contribution < -0.4 is 0 Å². The Labute approximate surface area is 101 Å². The first-order valence-electron chi connectivity index (χ1n) is 6.08. The zero-order valence-electron chi connectivity index (χ0n) is 10.3. The molecule has 2 saturated heterocycles. The molecule has 0 aromatic carbocycles. The fraction of sp³-hybridized carbons (Fsp3) is 0.833. The SMILES string of the molecule is CC1(C)OC[C@H](C(=O)N2CCC(C=O)CC2)O1. The second-order valence-electron chi connectivity index (χ2n) is 5.12. The predicted octanol–water partition coefficient (Wildman–Crippen LogP) is 0.575. The van der Waals surface area contributed by atoms with Crippen molar-refractivity contribution >= 4 is 12.2 Å². The van der Waals surface area contributed by atoms with Crippen molar-refractivity contribution in [3.63, 3.8) is 0 Å². The highest BCUT2D eigenvalue weighted by Crippen LogP contribution is 2.25. The molecule has 2 aliphatic heterocycles. The van der Waals surface area contributed by atoms with Gasteiger partial charge in [0.15, 0.2) is 11.9 Å². The number of hydrogen-bond acceptors (Lipinski definition) is 4. The molecule has 2 aliphatic rings. The summed E-state index contributed by atoms with van der Waals surface area (Å²) in [4.78, 5) is 24.5. The van der Waals surface area contributed by atoms with E-state index in [1.165, 1.54) is 0 Å². The maximum Gasteiger partial charge on any atom is 0.254 e. The number of carbonyl (C=O) groups excluding carboxylic acids is 2. The summed E-state index contributed by atoms with van der Waals surface area (Å²) in [5, 5.41) is 0. The zero-order valence-corrected chi connectivity index (χ0v) is 10.3. The van der Waals surface area contributed by atoms with E-state index in [4.69, 9.17) is 9.47 Å². The number of piperidine rings is 1. The molecule has 1 amide bonds. The minimum atomic E-state index is -0.665. The minimum Gasteiger partial charge on any atom is -0.347 e. The van der Waals surface area contributed by atoms with E-state index in [-0.39, 0.29) is 11.8 Å². The fourth-order valence-corrected chi connectivity index (χ4v) is 2.27. The Kier molecular flexibility index (Phi) is 3.49. The van der Waals surface area contributed by atoms with E-state index < -0.39 is 11.9 Å². The van der Waals surface area contributed by atoms with Crippen LogP contribution in [0.5, 0.6) is 0 Å². The summed E-state index contributed by atoms with van der Waals surface area (Å²) in [5.74, 6) is -0.572. The molecule has 17 heavy (non-hydrogen) atoms. The number of likely N-dealkylation sites (tertiary alicyclic amines) is 1. The van der Waals surface area contributed by atoms with Crippen LogP contribution in [0.25, 0.3) is 0 Å². The molecule has 0 aliphatic carbocycles. The molecule has 2 fully saturated rings. The molecular formula is C12H19NO4. The van der Waals surface area contributed by atoms with Crippen molar-refractivity contribution in [2.75, 3.05) is 19.7 Å². The normalized spacial score (nSPS) is 29.3. The number of nitrogens with zero attached hydrogens (tertiary/aromatic N) is 1. The predicted molar refractivity (Wildman–Crippen MR) is 60.3 cm³/mol. The standard InChI is InChI=1S/C12H19NO4/c1-12(2)16-8-10(17-12)11(15)13-5-3-9(7-14)4-6-13/h7,9-10H,3-6,8H2,1-2H3/t10-/m1/s1. The van der Waals surface area contributed by atoms with Gasteiger partial charge >= 0.3 is 0 Å². The van der Waals surface area contributed by atoms with Crippen LogP contribution in [-0.2, 0) is 19.1 Å². The molecule has 0 unspecified atom stereocenters. The molecule has 96 valence electrons. The topological polar surface area (TPSA) is 55.8 Å². The molecule has 5 nitrogen and oxygen atoms in total. The van der Waals surface area contributed by atoms with Crippen molar-refractivity contribution in [2.45, 2.75) is 38.6 Å². The van der Waals surface area contributed by atoms with Crippen molar-refractivity contribution in [3.05, 3.63) is 0 Å². The van der Waals surface area contributed by atoms with Gasteiger partial charge in [-0.2, -0.15) is 0 Å². The van der Waals surface area contributed by atoms with Gasteiger partial charge in [-0.15, -0.1) is 0 Å². The summed E-state index contributed by atoms with van der Waals surface area (Å²) in [5.41, 5.74) is 0. The Morgan fingerprint density at radius 2 is 2.00 bits per heavy atom. The molecule has 0 spiro atoms. The molecule has 1 atom stereocenters. The summed E-state index contributed by atoms with van der Waals surface area (Å²) < 4.78 is 10.9. The molecule has 2 heterocycles. The molecule has 5 heteroatoms. The number of ether oxygens (including phenoxy) is 2. The molecule has 0 radical (unpaired) electrons. The van der Waals surface area contributed by atoms with Crippen molar-refractivity contribution in [2.24, 2.45) is 5.92 Å². The lowest BCUT2D eigenvalue weighted by molar-refractivity contribution is -0.161. The molecule has 0 saturated carbocycles. The van der Waals surface area contributed by atoms with E-state index in [1.54, 1.807) is 18.7 Å². The van der Waals surface area contributed by atoms with Gasteiger partial charge in [0.05, 0.1) is 6.61 Å². The Morgan fingerprint density at radius 1 is 1.35 bits per heavy atom. The molecule has 2 rings (SSSR count). The zero-order chi connectivity index (χ0) is 12.5. The van der Waals surface area contributed by atoms with Crippen LogP contribution in [0.15, 0.2) is 0 Å². The highest BCUT2D eigenvalue weighted by molar-refractivity contribution is 5.81. The number of carbonyl (C=O) groups is 2. The van der Waals surface area contributed by atoms with Gasteiger partial charge in [-0.05, 0) is 26.7 Å². The first-order valence-corrected chi connectivity index (χ1v) is 6.08. The summed E-state index contributed by atoms with van der Waals surface area (Å²) in [6.07, 6.45) is 2.01. The van der Waals surface area contributed by atoms with E-state index in [9.17, 15) is 9.59 Å². The third kappa shape index (κ3) is 2.84. The summed E-state index contributed by atoms with van der Waals surface area (Å²) >= 11 is 0. The number of aldehydes is 1. The lowest BCUT2D eigenvalue weighted by atomic mass is 9.98. The van der Waals surface area contributed by atoms with Crippen LogP contribution in [0, 0.1) is 5.92 Å². The lowest BCUT2D eigenvalue weighted by Crippen LogP contribution is -2.45. The van der Waals surface area contributed by atoms with Gasteiger partial charge in [0, 0.05) is 19.0 Å². The van der Waals surface area contributed by atoms with Crippen molar-refractivity contribution in [1.29, 1.82) is 0 Å². The molecule has 0 aromatic heterocycles. The van der Waals surface area contributed by atoms with Crippen molar-refractivity contribution < 1.29 is 19.1 Å². The lowest BCUT2D eigenvalue weighted by Gasteiger charge is -2.31. The van der Waals surface area contributed by atoms with Crippen molar-refractivity contribution in [1.82, 2.24) is 4.90 Å². The summed E-state index contributed by atoms with van der Waals surface area (Å²) in [6, 6.07) is 0. The molecular weight excluding hydrogens is 222 g/mol. The monoisotopic (exact) mass is 241 g/mol. The van der Waals surface area contributed by atoms with E-state index in [1.807, 2.05) is 0 Å². The first kappa shape index (κ1) is 12.5. The van der Waals surface area contributed by atoms with E-state index >= 15 is 0 Å². The number of rotatable bonds is 2. The van der Waals surface area contributed by atoms with Gasteiger partial charge in [-0.25, -0.2) is 0 Å². The molecule has 0 N–H and O–H groups in total. The van der Waals surface area contributed by atoms with Gasteiger partial charge in [0.2, 0.25) is 0 Å². The Morgan fingerprint density at radius 3 is 2.47 bits per heavy atom. The minimum absolute atomic E-state index is 0.0140. The molecule has 0 bridgehead atoms. The fourth-order valence-electron chi connectivity index (χ4n) is 2.27. The Balaban J connectivity index is 1.87. The average molecular weight is 241 g/mol. The average Bonchev–Trinajstić information content (AvgIpc) is 2.69. The number of amides is 1. The third-order valence-corrected chi connectivity index (χ3v) is 3.33. The van der Waals surface area contributed by atoms with Crippen LogP contribution in [0.3, 0.4) is 0 Å². The second kappa shape index (κ2) is 4.74. The highest BCUT2D eigenvalue weighted by Gasteiger charge is 2.39. The number of hydrogen-bond donors (Lipinski definition) is 0. The van der Waals surface area contributed by atoms with Gasteiger partial charge in [-0.1, -0.05) is 0 Å². The highest BCUT2D eigenvalue weighted by atomic mass is 16.7. The van der Waals surface area contributed by atoms with Gasteiger partial charge in [0.25, 0.3) is 5.91 Å². The first-order chi connectivity index (χ1) is 8.02. The van der Waals surface area contributed by atoms with Gasteiger partial charge in [0.1, 0.15) is 6.29 Å². The maximum atomic E-state index is 12.1. The van der Waals surface area contributed by atoms with E-state index in [0.717, 1.165) is 19.1 Å². The largest absolute Gasteiger partial charge is 0.347 e. The summed E-state index contributed by atoms with van der Waals surface area (Å²) in [7, 11) is 0. The van der Waals surface area contributed by atoms with Gasteiger partial charge in [-0.3, -0.25) is 4.79 Å². The second-order valence-corrected chi connectivity index (χ2v) is 5.12. The van der Waals surface area contributed by atoms with Crippen LogP contribution in [0.1, 0.15) is 26.7 Å². The van der Waals surface area contributed by atoms with Crippen LogP contribution in [-0.4, -0.2) is 48.7 Å². The van der Waals surface area contributed by atoms with E-state index in [0.29, 0.717) is 19.7 Å². The third-order valence-electron chi connectivity index (χ3n) is 3.33. The Hall–Kier alpha value is -0.940.